The first-order valence-corrected chi connectivity index (χ1v) is 5.37. The van der Waals surface area contributed by atoms with Crippen molar-refractivity contribution in [2.45, 2.75) is 39.2 Å². The predicted molar refractivity (Wildman–Crippen MR) is 61.7 cm³/mol. The van der Waals surface area contributed by atoms with Crippen LogP contribution in [-0.2, 0) is 4.74 Å². The number of carbonyl (C=O) groups excluding carboxylic acids is 1. The molecule has 0 saturated carbocycles. The van der Waals surface area contributed by atoms with Crippen molar-refractivity contribution < 1.29 is 73.9 Å². The molecule has 3 nitrogen and oxygen atoms in total. The molecule has 0 rings (SSSR count). The van der Waals surface area contributed by atoms with Gasteiger partial charge < -0.3 is 23.0 Å². The van der Waals surface area contributed by atoms with Crippen LogP contribution >= 0.6 is 0 Å². The van der Waals surface area contributed by atoms with Gasteiger partial charge >= 0.3 is 64.5 Å². The number of rotatable bonds is 5. The van der Waals surface area contributed by atoms with Crippen molar-refractivity contribution in [2.24, 2.45) is 0 Å². The molecule has 1 N–H and O–H groups in total. The number of nitrogens with one attached hydrogen (secondary N) is 1. The van der Waals surface area contributed by atoms with Crippen LogP contribution in [0.2, 0.25) is 0 Å². The topological polar surface area (TPSA) is 38.3 Å². The minimum atomic E-state index is -4.97. The maximum Gasteiger partial charge on any atom is 1.00 e. The molecule has 0 spiro atoms. The Balaban J connectivity index is 0. The summed E-state index contributed by atoms with van der Waals surface area (Å²) < 4.78 is 41.2. The third-order valence-electron chi connectivity index (χ3n) is 1.81. The summed E-state index contributed by atoms with van der Waals surface area (Å²) in [5.41, 5.74) is -1.33. The first-order chi connectivity index (χ1) is 7.52. The van der Waals surface area contributed by atoms with Crippen LogP contribution in [0.1, 0.15) is 33.6 Å². The SMILES string of the molecule is C=C(CCCNC(=O)OC(C)(C)C)[B-](F)(F)F.[K+]. The Hall–Kier alpha value is 0.501. The van der Waals surface area contributed by atoms with Gasteiger partial charge in [-0.1, -0.05) is 6.42 Å². The van der Waals surface area contributed by atoms with Gasteiger partial charge in [0.2, 0.25) is 0 Å². The van der Waals surface area contributed by atoms with Crippen LogP contribution in [-0.4, -0.2) is 25.2 Å². The third kappa shape index (κ3) is 11.6. The normalized spacial score (nSPS) is 11.4. The van der Waals surface area contributed by atoms with Gasteiger partial charge in [-0.25, -0.2) is 4.79 Å². The summed E-state index contributed by atoms with van der Waals surface area (Å²) in [6.07, 6.45) is -0.598. The number of hydrogen-bond acceptors (Lipinski definition) is 2. The first kappa shape index (κ1) is 20.8. The van der Waals surface area contributed by atoms with Crippen LogP contribution in [0.3, 0.4) is 0 Å². The van der Waals surface area contributed by atoms with E-state index < -0.39 is 24.1 Å². The van der Waals surface area contributed by atoms with Gasteiger partial charge in [-0.15, -0.1) is 12.1 Å². The fourth-order valence-corrected chi connectivity index (χ4v) is 0.984. The molecule has 0 aliphatic carbocycles. The van der Waals surface area contributed by atoms with Crippen molar-refractivity contribution in [1.82, 2.24) is 5.32 Å². The minimum Gasteiger partial charge on any atom is -0.445 e. The van der Waals surface area contributed by atoms with E-state index in [9.17, 15) is 17.7 Å². The molecular formula is C10H18BF3KNO2. The second-order valence-electron chi connectivity index (χ2n) is 4.77. The Morgan fingerprint density at radius 3 is 2.22 bits per heavy atom. The molecule has 0 unspecified atom stereocenters. The Kier molecular flexibility index (Phi) is 9.98. The summed E-state index contributed by atoms with van der Waals surface area (Å²) in [5.74, 6) is 0. The molecule has 0 aliphatic rings. The van der Waals surface area contributed by atoms with Crippen molar-refractivity contribution in [3.8, 4) is 0 Å². The second kappa shape index (κ2) is 8.63. The van der Waals surface area contributed by atoms with Gasteiger partial charge in [-0.05, 0) is 27.2 Å². The van der Waals surface area contributed by atoms with E-state index >= 15 is 0 Å². The first-order valence-electron chi connectivity index (χ1n) is 5.37. The van der Waals surface area contributed by atoms with E-state index in [1.807, 2.05) is 0 Å². The quantitative estimate of drug-likeness (QED) is 0.582. The summed E-state index contributed by atoms with van der Waals surface area (Å²) in [6.45, 7) is 3.26. The zero-order chi connectivity index (χ0) is 13.7. The maximum atomic E-state index is 12.1. The molecule has 100 valence electrons. The molecule has 0 bridgehead atoms. The molecule has 0 aromatic heterocycles. The number of halogens is 3. The van der Waals surface area contributed by atoms with Crippen molar-refractivity contribution in [3.63, 3.8) is 0 Å². The molecule has 0 atom stereocenters. The van der Waals surface area contributed by atoms with E-state index in [4.69, 9.17) is 4.74 Å². The average Bonchev–Trinajstić information content (AvgIpc) is 2.07. The van der Waals surface area contributed by atoms with Crippen LogP contribution in [0.5, 0.6) is 0 Å². The van der Waals surface area contributed by atoms with Crippen molar-refractivity contribution >= 4 is 13.1 Å². The van der Waals surface area contributed by atoms with Crippen LogP contribution in [0.15, 0.2) is 12.1 Å². The van der Waals surface area contributed by atoms with Crippen molar-refractivity contribution in [1.29, 1.82) is 0 Å². The standard InChI is InChI=1S/C10H18BF3NO2.K/c1-8(11(12,13)14)6-5-7-15-9(16)17-10(2,3)4;/h1,5-7H2,2-4H3,(H,15,16);/q-1;+1. The van der Waals surface area contributed by atoms with E-state index in [2.05, 4.69) is 11.9 Å². The average molecular weight is 291 g/mol. The molecule has 1 amide bonds. The second-order valence-corrected chi connectivity index (χ2v) is 4.77. The number of amides is 1. The van der Waals surface area contributed by atoms with Crippen LogP contribution in [0.4, 0.5) is 17.7 Å². The van der Waals surface area contributed by atoms with Gasteiger partial charge in [0, 0.05) is 6.54 Å². The predicted octanol–water partition coefficient (Wildman–Crippen LogP) is 0.238. The van der Waals surface area contributed by atoms with Crippen LogP contribution < -0.4 is 56.7 Å². The zero-order valence-corrected chi connectivity index (χ0v) is 14.5. The van der Waals surface area contributed by atoms with Crippen molar-refractivity contribution in [3.05, 3.63) is 12.1 Å². The number of allylic oxidation sites excluding steroid dienone is 1. The summed E-state index contributed by atoms with van der Waals surface area (Å²) in [7, 11) is 0. The van der Waals surface area contributed by atoms with Gasteiger partial charge in [0.25, 0.3) is 0 Å². The monoisotopic (exact) mass is 291 g/mol. The molecular weight excluding hydrogens is 273 g/mol. The molecule has 0 radical (unpaired) electrons. The van der Waals surface area contributed by atoms with Gasteiger partial charge in [-0.2, -0.15) is 0 Å². The Morgan fingerprint density at radius 1 is 1.33 bits per heavy atom. The number of carbonyl (C=O) groups is 1. The van der Waals surface area contributed by atoms with Crippen LogP contribution in [0.25, 0.3) is 0 Å². The number of alkyl carbamates (subject to hydrolysis) is 1. The molecule has 0 aromatic carbocycles. The summed E-state index contributed by atoms with van der Waals surface area (Å²) >= 11 is 0. The molecule has 0 aromatic rings. The maximum absolute atomic E-state index is 12.1. The Bertz CT molecular complexity index is 290. The number of ether oxygens (including phenoxy) is 1. The molecule has 0 aliphatic heterocycles. The third-order valence-corrected chi connectivity index (χ3v) is 1.81. The Labute approximate surface area is 148 Å². The molecule has 18 heavy (non-hydrogen) atoms. The summed E-state index contributed by atoms with van der Waals surface area (Å²) in [6, 6.07) is 0. The molecule has 8 heteroatoms. The van der Waals surface area contributed by atoms with E-state index in [0.717, 1.165) is 0 Å². The molecule has 0 saturated heterocycles. The van der Waals surface area contributed by atoms with Crippen LogP contribution in [0, 0.1) is 0 Å². The molecule has 0 heterocycles. The largest absolute Gasteiger partial charge is 1.00 e. The molecule has 0 fully saturated rings. The van der Waals surface area contributed by atoms with Gasteiger partial charge in [0.15, 0.2) is 0 Å². The summed E-state index contributed by atoms with van der Waals surface area (Å²) in [4.78, 5) is 11.1. The van der Waals surface area contributed by atoms with E-state index in [-0.39, 0.29) is 70.8 Å². The minimum absolute atomic E-state index is 0. The van der Waals surface area contributed by atoms with E-state index in [1.54, 1.807) is 20.8 Å². The zero-order valence-electron chi connectivity index (χ0n) is 11.4. The Morgan fingerprint density at radius 2 is 1.83 bits per heavy atom. The van der Waals surface area contributed by atoms with Gasteiger partial charge in [0.1, 0.15) is 5.60 Å². The number of hydrogen-bond donors (Lipinski definition) is 1. The smallest absolute Gasteiger partial charge is 0.445 e. The van der Waals surface area contributed by atoms with Crippen molar-refractivity contribution in [2.75, 3.05) is 6.54 Å². The van der Waals surface area contributed by atoms with Gasteiger partial charge in [0.05, 0.1) is 0 Å². The van der Waals surface area contributed by atoms with Gasteiger partial charge in [-0.3, -0.25) is 0 Å². The van der Waals surface area contributed by atoms with E-state index in [1.165, 1.54) is 0 Å². The fourth-order valence-electron chi connectivity index (χ4n) is 0.984. The van der Waals surface area contributed by atoms with E-state index in [0.29, 0.717) is 0 Å². The fraction of sp³-hybridized carbons (Fsp3) is 0.700. The summed E-state index contributed by atoms with van der Waals surface area (Å²) in [5, 5.41) is 2.38.